The molecule has 0 radical (unpaired) electrons. The zero-order valence-corrected chi connectivity index (χ0v) is 36.0. The summed E-state index contributed by atoms with van der Waals surface area (Å²) in [5.41, 5.74) is 12.1. The van der Waals surface area contributed by atoms with Gasteiger partial charge in [-0.05, 0) is 129 Å². The van der Waals surface area contributed by atoms with Gasteiger partial charge in [-0.2, -0.15) is 0 Å². The smallest absolute Gasteiger partial charge is 0.134 e. The molecule has 0 saturated heterocycles. The van der Waals surface area contributed by atoms with Crippen molar-refractivity contribution in [2.45, 2.75) is 112 Å². The second-order valence-corrected chi connectivity index (χ2v) is 20.3. The third-order valence-corrected chi connectivity index (χ3v) is 12.1. The summed E-state index contributed by atoms with van der Waals surface area (Å²) in [7, 11) is 0. The van der Waals surface area contributed by atoms with Crippen LogP contribution in [0.1, 0.15) is 111 Å². The molecular formula is C53H56F2N2. The molecule has 4 heteroatoms. The first-order valence-electron chi connectivity index (χ1n) is 20.3. The number of hydrogen-bond donors (Lipinski definition) is 0. The van der Waals surface area contributed by atoms with E-state index in [1.54, 1.807) is 0 Å². The zero-order chi connectivity index (χ0) is 41.1. The normalized spacial score (nSPS) is 13.2. The van der Waals surface area contributed by atoms with Gasteiger partial charge in [0, 0.05) is 27.1 Å². The molecule has 292 valence electrons. The molecule has 57 heavy (non-hydrogen) atoms. The lowest BCUT2D eigenvalue weighted by Crippen LogP contribution is -2.11. The van der Waals surface area contributed by atoms with Gasteiger partial charge in [0.15, 0.2) is 0 Å². The van der Waals surface area contributed by atoms with E-state index >= 15 is 8.78 Å². The van der Waals surface area contributed by atoms with Crippen molar-refractivity contribution in [2.24, 2.45) is 0 Å². The summed E-state index contributed by atoms with van der Waals surface area (Å²) in [4.78, 5) is 0. The van der Waals surface area contributed by atoms with Crippen LogP contribution in [-0.2, 0) is 21.7 Å². The van der Waals surface area contributed by atoms with Gasteiger partial charge in [-0.1, -0.05) is 113 Å². The highest BCUT2D eigenvalue weighted by Gasteiger charge is 2.28. The number of aromatic nitrogens is 2. The molecule has 0 amide bonds. The summed E-state index contributed by atoms with van der Waals surface area (Å²) in [6, 6.07) is 35.3. The number of rotatable bonds is 3. The van der Waals surface area contributed by atoms with Gasteiger partial charge < -0.3 is 9.13 Å². The van der Waals surface area contributed by atoms with E-state index in [0.717, 1.165) is 49.8 Å². The summed E-state index contributed by atoms with van der Waals surface area (Å²) >= 11 is 0. The van der Waals surface area contributed by atoms with Gasteiger partial charge in [-0.15, -0.1) is 0 Å². The molecule has 0 aliphatic carbocycles. The van der Waals surface area contributed by atoms with Crippen LogP contribution in [0.15, 0.2) is 103 Å². The predicted octanol–water partition coefficient (Wildman–Crippen LogP) is 15.3. The van der Waals surface area contributed by atoms with E-state index in [0.29, 0.717) is 5.56 Å². The molecule has 2 nitrogen and oxygen atoms in total. The fraction of sp³-hybridized carbons (Fsp3) is 0.321. The number of hydrogen-bond acceptors (Lipinski definition) is 0. The minimum atomic E-state index is -0.588. The number of benzene rings is 6. The molecule has 0 atom stereocenters. The second kappa shape index (κ2) is 12.9. The lowest BCUT2D eigenvalue weighted by molar-refractivity contribution is 0.589. The quantitative estimate of drug-likeness (QED) is 0.170. The van der Waals surface area contributed by atoms with Crippen LogP contribution in [0.5, 0.6) is 0 Å². The van der Waals surface area contributed by atoms with Crippen LogP contribution in [0, 0.1) is 18.6 Å². The zero-order valence-electron chi connectivity index (χ0n) is 36.0. The molecule has 0 aliphatic rings. The van der Waals surface area contributed by atoms with Crippen molar-refractivity contribution >= 4 is 43.6 Å². The SMILES string of the molecule is Cc1c(-n2c3ccc(C(C)(C)C)cc3c3cc(C(C)(C)C)ccc32)ccc(-c2c(F)cccc2F)c1-n1c2ccc(C(C)(C)C)cc2c2cc(C(C)(C)C)ccc21. The number of nitrogens with zero attached hydrogens (tertiary/aromatic N) is 2. The van der Waals surface area contributed by atoms with Crippen LogP contribution < -0.4 is 0 Å². The first kappa shape index (κ1) is 38.6. The highest BCUT2D eigenvalue weighted by molar-refractivity contribution is 6.12. The second-order valence-electron chi connectivity index (χ2n) is 20.3. The maximum absolute atomic E-state index is 16.1. The summed E-state index contributed by atoms with van der Waals surface area (Å²) in [5.74, 6) is -1.18. The molecule has 0 aliphatic heterocycles. The molecule has 8 aromatic rings. The Hall–Kier alpha value is -5.22. The number of fused-ring (bicyclic) bond motifs is 6. The fourth-order valence-electron chi connectivity index (χ4n) is 8.59. The highest BCUT2D eigenvalue weighted by Crippen LogP contribution is 2.45. The standard InChI is InChI=1S/C53H56F2N2/c1-31-43(56-44-22-17-32(50(2,3)4)27-37(44)38-28-33(51(5,6)7)18-23-45(38)56)26-21-36(48-41(54)15-14-16-42(48)55)49(31)57-46-24-19-34(52(8,9)10)29-39(46)40-30-35(53(11,12)13)20-25-47(40)57/h14-30H,1-13H3. The van der Waals surface area contributed by atoms with Crippen LogP contribution in [0.2, 0.25) is 0 Å². The van der Waals surface area contributed by atoms with E-state index in [1.807, 2.05) is 6.07 Å². The molecule has 0 unspecified atom stereocenters. The summed E-state index contributed by atoms with van der Waals surface area (Å²) < 4.78 is 36.8. The van der Waals surface area contributed by atoms with Crippen molar-refractivity contribution in [2.75, 3.05) is 0 Å². The molecule has 0 saturated carbocycles. The maximum atomic E-state index is 16.1. The van der Waals surface area contributed by atoms with E-state index in [1.165, 1.54) is 51.2 Å². The van der Waals surface area contributed by atoms with E-state index < -0.39 is 11.6 Å². The van der Waals surface area contributed by atoms with Gasteiger partial charge in [0.05, 0.1) is 39.0 Å². The highest BCUT2D eigenvalue weighted by atomic mass is 19.1. The average molecular weight is 759 g/mol. The van der Waals surface area contributed by atoms with Crippen molar-refractivity contribution in [3.05, 3.63) is 143 Å². The van der Waals surface area contributed by atoms with Gasteiger partial charge in [-0.25, -0.2) is 8.78 Å². The maximum Gasteiger partial charge on any atom is 0.134 e. The Labute approximate surface area is 337 Å². The van der Waals surface area contributed by atoms with E-state index in [4.69, 9.17) is 0 Å². The van der Waals surface area contributed by atoms with E-state index in [9.17, 15) is 0 Å². The largest absolute Gasteiger partial charge is 0.309 e. The van der Waals surface area contributed by atoms with Crippen LogP contribution in [0.3, 0.4) is 0 Å². The molecule has 0 N–H and O–H groups in total. The van der Waals surface area contributed by atoms with Crippen LogP contribution in [-0.4, -0.2) is 9.13 Å². The number of halogens is 2. The van der Waals surface area contributed by atoms with Crippen molar-refractivity contribution < 1.29 is 8.78 Å². The van der Waals surface area contributed by atoms with Gasteiger partial charge in [0.2, 0.25) is 0 Å². The first-order valence-corrected chi connectivity index (χ1v) is 20.3. The lowest BCUT2D eigenvalue weighted by atomic mass is 9.85. The van der Waals surface area contributed by atoms with Crippen LogP contribution in [0.25, 0.3) is 66.1 Å². The van der Waals surface area contributed by atoms with Gasteiger partial charge in [-0.3, -0.25) is 0 Å². The molecule has 2 heterocycles. The summed E-state index contributed by atoms with van der Waals surface area (Å²) in [6.45, 7) is 29.1. The molecule has 8 rings (SSSR count). The van der Waals surface area contributed by atoms with E-state index in [2.05, 4.69) is 178 Å². The Morgan fingerprint density at radius 3 is 1.07 bits per heavy atom. The van der Waals surface area contributed by atoms with Crippen molar-refractivity contribution in [3.8, 4) is 22.5 Å². The van der Waals surface area contributed by atoms with Crippen molar-refractivity contribution in [1.29, 1.82) is 0 Å². The Kier molecular flexibility index (Phi) is 8.74. The predicted molar refractivity (Wildman–Crippen MR) is 240 cm³/mol. The third kappa shape index (κ3) is 6.37. The van der Waals surface area contributed by atoms with Gasteiger partial charge in [0.25, 0.3) is 0 Å². The van der Waals surface area contributed by atoms with Gasteiger partial charge in [0.1, 0.15) is 11.6 Å². The molecule has 0 fully saturated rings. The lowest BCUT2D eigenvalue weighted by Gasteiger charge is -2.23. The topological polar surface area (TPSA) is 9.86 Å². The first-order chi connectivity index (χ1) is 26.6. The minimum Gasteiger partial charge on any atom is -0.309 e. The Morgan fingerprint density at radius 1 is 0.404 bits per heavy atom. The minimum absolute atomic E-state index is 0.0263. The van der Waals surface area contributed by atoms with Crippen molar-refractivity contribution in [3.63, 3.8) is 0 Å². The van der Waals surface area contributed by atoms with Crippen molar-refractivity contribution in [1.82, 2.24) is 9.13 Å². The fourth-order valence-corrected chi connectivity index (χ4v) is 8.59. The Morgan fingerprint density at radius 2 is 0.737 bits per heavy atom. The Balaban J connectivity index is 1.54. The molecular weight excluding hydrogens is 703 g/mol. The molecule has 0 spiro atoms. The van der Waals surface area contributed by atoms with E-state index in [-0.39, 0.29) is 27.2 Å². The Bertz CT molecular complexity index is 2740. The van der Waals surface area contributed by atoms with Gasteiger partial charge >= 0.3 is 0 Å². The van der Waals surface area contributed by atoms with Crippen LogP contribution >= 0.6 is 0 Å². The summed E-state index contributed by atoms with van der Waals surface area (Å²) in [5, 5.41) is 4.62. The molecule has 6 aromatic carbocycles. The average Bonchev–Trinajstić information content (AvgIpc) is 3.61. The third-order valence-electron chi connectivity index (χ3n) is 12.1. The van der Waals surface area contributed by atoms with Crippen LogP contribution in [0.4, 0.5) is 8.78 Å². The monoisotopic (exact) mass is 758 g/mol. The molecule has 2 aromatic heterocycles. The molecule has 0 bridgehead atoms. The summed E-state index contributed by atoms with van der Waals surface area (Å²) in [6.07, 6.45) is 0.